The van der Waals surface area contributed by atoms with Gasteiger partial charge in [0, 0.05) is 26.6 Å². The monoisotopic (exact) mass is 470 g/mol. The molecule has 0 bridgehead atoms. The van der Waals surface area contributed by atoms with Crippen molar-refractivity contribution in [1.29, 1.82) is 0 Å². The molecular formula is C19H27ClN6O4S. The first-order valence-corrected chi connectivity index (χ1v) is 11.4. The van der Waals surface area contributed by atoms with Gasteiger partial charge in [-0.25, -0.2) is 9.97 Å². The number of anilines is 1. The van der Waals surface area contributed by atoms with Gasteiger partial charge in [-0.1, -0.05) is 11.6 Å². The lowest BCUT2D eigenvalue weighted by Gasteiger charge is -2.27. The molecule has 31 heavy (non-hydrogen) atoms. The zero-order valence-electron chi connectivity index (χ0n) is 17.8. The average Bonchev–Trinajstić information content (AvgIpc) is 3.43. The molecule has 3 heterocycles. The van der Waals surface area contributed by atoms with Crippen molar-refractivity contribution >= 4 is 29.5 Å². The molecule has 3 unspecified atom stereocenters. The van der Waals surface area contributed by atoms with Crippen LogP contribution in [0.1, 0.15) is 43.6 Å². The Morgan fingerprint density at radius 2 is 2.06 bits per heavy atom. The van der Waals surface area contributed by atoms with E-state index in [0.29, 0.717) is 43.2 Å². The Bertz CT molecular complexity index is 860. The lowest BCUT2D eigenvalue weighted by Crippen LogP contribution is -2.31. The Labute approximate surface area is 190 Å². The second-order valence-electron chi connectivity index (χ2n) is 7.65. The Morgan fingerprint density at radius 3 is 2.68 bits per heavy atom. The highest BCUT2D eigenvalue weighted by Crippen LogP contribution is 2.47. The lowest BCUT2D eigenvalue weighted by molar-refractivity contribution is -0.0956. The number of nitrogens with zero attached hydrogens (tertiary/aromatic N) is 5. The van der Waals surface area contributed by atoms with Crippen molar-refractivity contribution in [1.82, 2.24) is 24.7 Å². The highest BCUT2D eigenvalue weighted by molar-refractivity contribution is 8.01. The molecule has 170 valence electrons. The summed E-state index contributed by atoms with van der Waals surface area (Å²) >= 11 is 7.38. The number of hydrogen-bond acceptors (Lipinski definition) is 10. The van der Waals surface area contributed by atoms with Crippen molar-refractivity contribution in [3.63, 3.8) is 0 Å². The van der Waals surface area contributed by atoms with Crippen LogP contribution in [0.4, 0.5) is 5.95 Å². The van der Waals surface area contributed by atoms with Gasteiger partial charge in [0.25, 0.3) is 0 Å². The zero-order chi connectivity index (χ0) is 21.8. The molecule has 1 aliphatic heterocycles. The molecule has 1 N–H and O–H groups in total. The van der Waals surface area contributed by atoms with Crippen LogP contribution in [0.2, 0.25) is 5.02 Å². The first-order chi connectivity index (χ1) is 15.1. The first-order valence-electron chi connectivity index (χ1n) is 10.1. The van der Waals surface area contributed by atoms with Crippen LogP contribution in [0.5, 0.6) is 0 Å². The van der Waals surface area contributed by atoms with Crippen molar-refractivity contribution in [3.8, 4) is 0 Å². The third-order valence-electron chi connectivity index (χ3n) is 5.42. The van der Waals surface area contributed by atoms with Gasteiger partial charge in [-0.2, -0.15) is 0 Å². The molecule has 4 rings (SSSR count). The topological polar surface area (TPSA) is 105 Å². The quantitative estimate of drug-likeness (QED) is 0.521. The van der Waals surface area contributed by atoms with Crippen LogP contribution in [0.25, 0.3) is 0 Å². The third-order valence-corrected chi connectivity index (χ3v) is 6.53. The van der Waals surface area contributed by atoms with E-state index in [2.05, 4.69) is 29.5 Å². The Balaban J connectivity index is 1.52. The zero-order valence-corrected chi connectivity index (χ0v) is 19.4. The van der Waals surface area contributed by atoms with Crippen LogP contribution in [-0.4, -0.2) is 70.6 Å². The molecule has 1 saturated carbocycles. The van der Waals surface area contributed by atoms with Crippen LogP contribution < -0.4 is 4.72 Å². The Morgan fingerprint density at radius 1 is 1.29 bits per heavy atom. The van der Waals surface area contributed by atoms with Gasteiger partial charge in [-0.15, -0.1) is 10.2 Å². The minimum absolute atomic E-state index is 0.0217. The molecule has 0 aromatic carbocycles. The predicted molar refractivity (Wildman–Crippen MR) is 116 cm³/mol. The van der Waals surface area contributed by atoms with Gasteiger partial charge >= 0.3 is 0 Å². The van der Waals surface area contributed by atoms with Crippen LogP contribution in [-0.2, 0) is 24.5 Å². The van der Waals surface area contributed by atoms with Crippen LogP contribution in [0.3, 0.4) is 0 Å². The van der Waals surface area contributed by atoms with Crippen molar-refractivity contribution < 1.29 is 18.9 Å². The molecule has 3 atom stereocenters. The van der Waals surface area contributed by atoms with E-state index in [9.17, 15) is 0 Å². The number of aromatic nitrogens is 5. The molecular weight excluding hydrogens is 444 g/mol. The Hall–Kier alpha value is -1.50. The third kappa shape index (κ3) is 4.96. The second kappa shape index (κ2) is 9.97. The maximum absolute atomic E-state index is 5.91. The van der Waals surface area contributed by atoms with Crippen LogP contribution in [0, 0.1) is 0 Å². The summed E-state index contributed by atoms with van der Waals surface area (Å²) in [5, 5.41) is 9.33. The van der Waals surface area contributed by atoms with Crippen molar-refractivity contribution in [2.75, 3.05) is 45.4 Å². The van der Waals surface area contributed by atoms with Crippen molar-refractivity contribution in [2.24, 2.45) is 0 Å². The molecule has 0 amide bonds. The van der Waals surface area contributed by atoms with Crippen molar-refractivity contribution in [3.05, 3.63) is 29.1 Å². The van der Waals surface area contributed by atoms with E-state index < -0.39 is 0 Å². The van der Waals surface area contributed by atoms with E-state index in [4.69, 9.17) is 30.5 Å². The molecule has 12 heteroatoms. The highest BCUT2D eigenvalue weighted by Gasteiger charge is 2.49. The maximum atomic E-state index is 5.91. The van der Waals surface area contributed by atoms with E-state index in [1.54, 1.807) is 26.6 Å². The molecule has 2 aromatic heterocycles. The summed E-state index contributed by atoms with van der Waals surface area (Å²) in [6.45, 7) is 4.22. The largest absolute Gasteiger partial charge is 0.382 e. The van der Waals surface area contributed by atoms with Crippen LogP contribution in [0.15, 0.2) is 12.4 Å². The Kier molecular flexibility index (Phi) is 7.29. The number of hydrogen-bond donors (Lipinski definition) is 1. The maximum Gasteiger partial charge on any atom is 0.235 e. The summed E-state index contributed by atoms with van der Waals surface area (Å²) in [7, 11) is 3.35. The molecule has 2 aromatic rings. The van der Waals surface area contributed by atoms with Crippen molar-refractivity contribution in [2.45, 2.75) is 42.8 Å². The molecule has 0 radical (unpaired) electrons. The number of ether oxygens (including phenoxy) is 4. The fraction of sp³-hybridized carbons (Fsp3) is 0.684. The van der Waals surface area contributed by atoms with Gasteiger partial charge in [0.2, 0.25) is 5.95 Å². The number of nitrogens with one attached hydrogen (secondary N) is 1. The van der Waals surface area contributed by atoms with E-state index in [1.165, 1.54) is 11.9 Å². The molecule has 2 aliphatic rings. The fourth-order valence-electron chi connectivity index (χ4n) is 3.70. The molecule has 1 aliphatic carbocycles. The van der Waals surface area contributed by atoms with E-state index in [0.717, 1.165) is 18.7 Å². The van der Waals surface area contributed by atoms with E-state index in [1.807, 2.05) is 6.92 Å². The predicted octanol–water partition coefficient (Wildman–Crippen LogP) is 2.78. The van der Waals surface area contributed by atoms with Crippen LogP contribution >= 0.6 is 23.5 Å². The molecule has 2 fully saturated rings. The molecule has 1 saturated heterocycles. The minimum atomic E-state index is -0.324. The average molecular weight is 471 g/mol. The fourth-order valence-corrected chi connectivity index (χ4v) is 4.58. The highest BCUT2D eigenvalue weighted by atomic mass is 35.5. The second-order valence-corrected chi connectivity index (χ2v) is 9.27. The summed E-state index contributed by atoms with van der Waals surface area (Å²) < 4.78 is 28.1. The van der Waals surface area contributed by atoms with Gasteiger partial charge < -0.3 is 18.9 Å². The summed E-state index contributed by atoms with van der Waals surface area (Å²) in [4.78, 5) is 8.59. The standard InChI is InChI=1S/C19H27ClN6O4S/c1-12(15(28-3)16-21-8-13(20)9-22-16)31-25-18-24-23-17(14-10-29-6-7-30-14)26(18)19(4-5-19)11-27-2/h8-9,12,14-15H,4-7,10-11H2,1-3H3,(H,24,25). The van der Waals surface area contributed by atoms with E-state index >= 15 is 0 Å². The summed E-state index contributed by atoms with van der Waals surface area (Å²) in [5.74, 6) is 1.98. The summed E-state index contributed by atoms with van der Waals surface area (Å²) in [6.07, 6.45) is 4.55. The van der Waals surface area contributed by atoms with Gasteiger partial charge in [0.15, 0.2) is 11.6 Å². The first kappa shape index (κ1) is 22.7. The van der Waals surface area contributed by atoms with Gasteiger partial charge in [-0.3, -0.25) is 9.29 Å². The molecule has 10 nitrogen and oxygen atoms in total. The van der Waals surface area contributed by atoms with Gasteiger partial charge in [0.1, 0.15) is 12.2 Å². The smallest absolute Gasteiger partial charge is 0.235 e. The summed E-state index contributed by atoms with van der Waals surface area (Å²) in [6, 6.07) is 0. The van der Waals surface area contributed by atoms with E-state index in [-0.39, 0.29) is 23.0 Å². The summed E-state index contributed by atoms with van der Waals surface area (Å²) in [5.41, 5.74) is -0.166. The van der Waals surface area contributed by atoms with Gasteiger partial charge in [0.05, 0.1) is 42.2 Å². The normalized spacial score (nSPS) is 22.1. The number of rotatable bonds is 10. The SMILES string of the molecule is COCC1(n2c(NSC(C)C(OC)c3ncc(Cl)cn3)nnc2C2COCCO2)CC1. The van der Waals surface area contributed by atoms with Gasteiger partial charge in [-0.05, 0) is 31.7 Å². The number of halogens is 1. The number of methoxy groups -OCH3 is 2. The minimum Gasteiger partial charge on any atom is -0.382 e. The molecule has 0 spiro atoms. The lowest BCUT2D eigenvalue weighted by atomic mass is 10.2.